The second-order valence-electron chi connectivity index (χ2n) is 6.20. The molecule has 24 heavy (non-hydrogen) atoms. The van der Waals surface area contributed by atoms with Gasteiger partial charge in [0, 0.05) is 17.0 Å². The van der Waals surface area contributed by atoms with Crippen molar-refractivity contribution in [3.8, 4) is 0 Å². The highest BCUT2D eigenvalue weighted by molar-refractivity contribution is 6.30. The maximum absolute atomic E-state index is 12.6. The van der Waals surface area contributed by atoms with Crippen LogP contribution in [0.5, 0.6) is 0 Å². The van der Waals surface area contributed by atoms with Crippen LogP contribution in [0.4, 0.5) is 0 Å². The van der Waals surface area contributed by atoms with E-state index in [-0.39, 0.29) is 17.9 Å². The topological polar surface area (TPSA) is 69.0 Å². The number of hydrogen-bond donors (Lipinski definition) is 1. The largest absolute Gasteiger partial charge is 0.357 e. The zero-order chi connectivity index (χ0) is 16.9. The summed E-state index contributed by atoms with van der Waals surface area (Å²) in [6.07, 6.45) is 3.88. The molecule has 1 aromatic carbocycles. The maximum atomic E-state index is 12.6. The summed E-state index contributed by atoms with van der Waals surface area (Å²) in [7, 11) is 0. The lowest BCUT2D eigenvalue weighted by Gasteiger charge is -2.19. The Morgan fingerprint density at radius 1 is 1.38 bits per heavy atom. The molecule has 2 atom stereocenters. The highest BCUT2D eigenvalue weighted by atomic mass is 35.5. The number of halogens is 1. The first-order valence-corrected chi connectivity index (χ1v) is 8.49. The number of nitrogens with zero attached hydrogens (tertiary/aromatic N) is 3. The van der Waals surface area contributed by atoms with E-state index < -0.39 is 0 Å². The Labute approximate surface area is 146 Å². The van der Waals surface area contributed by atoms with Gasteiger partial charge in [0.05, 0.1) is 18.5 Å². The van der Waals surface area contributed by atoms with Crippen molar-refractivity contribution in [2.24, 2.45) is 5.92 Å². The quantitative estimate of drug-likeness (QED) is 0.903. The Hall–Kier alpha value is -1.92. The van der Waals surface area contributed by atoms with Gasteiger partial charge in [0.15, 0.2) is 0 Å². The van der Waals surface area contributed by atoms with Crippen LogP contribution >= 0.6 is 11.6 Å². The molecular formula is C17H21ClN4O2. The molecule has 2 heterocycles. The van der Waals surface area contributed by atoms with E-state index in [9.17, 15) is 4.79 Å². The van der Waals surface area contributed by atoms with Crippen LogP contribution in [-0.4, -0.2) is 33.5 Å². The van der Waals surface area contributed by atoms with Gasteiger partial charge in [-0.3, -0.25) is 4.79 Å². The standard InChI is InChI=1S/C17H21ClN4O2/c1-12-10-24-11-22-16(9-19-21-22)7-4-14(17(23)20-12)8-13-2-5-15(18)6-3-13/h2-3,5-6,9,12,14H,4,7-8,10-11H2,1H3,(H,20,23)/t12-,14+/m1/s1. The summed E-state index contributed by atoms with van der Waals surface area (Å²) >= 11 is 5.94. The molecule has 7 heteroatoms. The van der Waals surface area contributed by atoms with Crippen LogP contribution in [0.1, 0.15) is 24.6 Å². The summed E-state index contributed by atoms with van der Waals surface area (Å²) < 4.78 is 7.36. The van der Waals surface area contributed by atoms with E-state index in [1.807, 2.05) is 31.2 Å². The summed E-state index contributed by atoms with van der Waals surface area (Å²) in [6, 6.07) is 7.61. The van der Waals surface area contributed by atoms with Gasteiger partial charge in [0.1, 0.15) is 6.73 Å². The van der Waals surface area contributed by atoms with Crippen molar-refractivity contribution >= 4 is 17.5 Å². The van der Waals surface area contributed by atoms with Gasteiger partial charge in [-0.15, -0.1) is 5.10 Å². The molecule has 0 spiro atoms. The number of nitrogens with one attached hydrogen (secondary N) is 1. The smallest absolute Gasteiger partial charge is 0.223 e. The molecule has 1 aliphatic heterocycles. The molecule has 0 fully saturated rings. The zero-order valence-corrected chi connectivity index (χ0v) is 14.4. The van der Waals surface area contributed by atoms with Crippen molar-refractivity contribution in [1.29, 1.82) is 0 Å². The normalized spacial score (nSPS) is 22.3. The minimum Gasteiger partial charge on any atom is -0.357 e. The Morgan fingerprint density at radius 2 is 2.17 bits per heavy atom. The van der Waals surface area contributed by atoms with Gasteiger partial charge < -0.3 is 10.1 Å². The first-order chi connectivity index (χ1) is 11.6. The Kier molecular flexibility index (Phi) is 5.48. The van der Waals surface area contributed by atoms with E-state index in [2.05, 4.69) is 15.6 Å². The Morgan fingerprint density at radius 3 is 2.96 bits per heavy atom. The highest BCUT2D eigenvalue weighted by Gasteiger charge is 2.22. The predicted octanol–water partition coefficient (Wildman–Crippen LogP) is 2.22. The molecule has 0 aliphatic carbocycles. The number of hydrogen-bond acceptors (Lipinski definition) is 4. The number of fused-ring (bicyclic) bond motifs is 1. The van der Waals surface area contributed by atoms with E-state index in [0.717, 1.165) is 24.1 Å². The van der Waals surface area contributed by atoms with Gasteiger partial charge in [-0.2, -0.15) is 0 Å². The second kappa shape index (κ2) is 7.77. The number of benzene rings is 1. The second-order valence-corrected chi connectivity index (χ2v) is 6.64. The van der Waals surface area contributed by atoms with Crippen molar-refractivity contribution in [3.63, 3.8) is 0 Å². The van der Waals surface area contributed by atoms with Gasteiger partial charge in [0.2, 0.25) is 5.91 Å². The minimum atomic E-state index is -0.116. The summed E-state index contributed by atoms with van der Waals surface area (Å²) in [4.78, 5) is 12.6. The van der Waals surface area contributed by atoms with Crippen molar-refractivity contribution < 1.29 is 9.53 Å². The monoisotopic (exact) mass is 348 g/mol. The molecule has 0 bridgehead atoms. The molecule has 1 amide bonds. The van der Waals surface area contributed by atoms with Crippen LogP contribution in [0.3, 0.4) is 0 Å². The summed E-state index contributed by atoms with van der Waals surface area (Å²) in [5, 5.41) is 11.7. The first-order valence-electron chi connectivity index (χ1n) is 8.12. The van der Waals surface area contributed by atoms with Crippen LogP contribution < -0.4 is 5.32 Å². The number of ether oxygens (including phenoxy) is 1. The average Bonchev–Trinajstić information content (AvgIpc) is 2.99. The molecule has 1 aromatic heterocycles. The van der Waals surface area contributed by atoms with E-state index >= 15 is 0 Å². The molecule has 0 unspecified atom stereocenters. The number of amides is 1. The van der Waals surface area contributed by atoms with E-state index in [4.69, 9.17) is 16.3 Å². The van der Waals surface area contributed by atoms with E-state index in [1.54, 1.807) is 10.9 Å². The van der Waals surface area contributed by atoms with Gasteiger partial charge in [0.25, 0.3) is 0 Å². The molecule has 2 aromatic rings. The van der Waals surface area contributed by atoms with Gasteiger partial charge >= 0.3 is 0 Å². The molecule has 3 rings (SSSR count). The number of rotatable bonds is 2. The van der Waals surface area contributed by atoms with E-state index in [0.29, 0.717) is 24.8 Å². The van der Waals surface area contributed by atoms with Crippen molar-refractivity contribution in [1.82, 2.24) is 20.3 Å². The lowest BCUT2D eigenvalue weighted by atomic mass is 9.93. The molecule has 1 aliphatic rings. The van der Waals surface area contributed by atoms with Gasteiger partial charge in [-0.05, 0) is 43.9 Å². The predicted molar refractivity (Wildman–Crippen MR) is 90.5 cm³/mol. The van der Waals surface area contributed by atoms with Crippen LogP contribution in [0.2, 0.25) is 5.02 Å². The molecule has 128 valence electrons. The third-order valence-electron chi connectivity index (χ3n) is 4.18. The molecule has 1 N–H and O–H groups in total. The molecule has 0 saturated carbocycles. The Bertz CT molecular complexity index is 686. The third-order valence-corrected chi connectivity index (χ3v) is 4.44. The average molecular weight is 349 g/mol. The van der Waals surface area contributed by atoms with Crippen LogP contribution in [0.25, 0.3) is 0 Å². The zero-order valence-electron chi connectivity index (χ0n) is 13.6. The molecule has 0 saturated heterocycles. The number of aryl methyl sites for hydroxylation is 1. The fourth-order valence-corrected chi connectivity index (χ4v) is 2.98. The third kappa shape index (κ3) is 4.33. The van der Waals surface area contributed by atoms with Crippen molar-refractivity contribution in [3.05, 3.63) is 46.7 Å². The highest BCUT2D eigenvalue weighted by Crippen LogP contribution is 2.18. The molecule has 0 radical (unpaired) electrons. The summed E-state index contributed by atoms with van der Waals surface area (Å²) in [5.74, 6) is -0.0583. The molecule has 6 nitrogen and oxygen atoms in total. The lowest BCUT2D eigenvalue weighted by Crippen LogP contribution is -2.40. The van der Waals surface area contributed by atoms with Crippen LogP contribution in [0, 0.1) is 5.92 Å². The number of carbonyl (C=O) groups excluding carboxylic acids is 1. The van der Waals surface area contributed by atoms with E-state index in [1.165, 1.54) is 0 Å². The SMILES string of the molecule is C[C@@H]1COCn2nncc2CC[C@@H](Cc2ccc(Cl)cc2)C(=O)N1. The minimum absolute atomic E-state index is 0.0460. The number of carbonyl (C=O) groups is 1. The van der Waals surface area contributed by atoms with Gasteiger partial charge in [-0.25, -0.2) is 4.68 Å². The summed E-state index contributed by atoms with van der Waals surface area (Å²) in [6.45, 7) is 2.74. The van der Waals surface area contributed by atoms with Crippen LogP contribution in [-0.2, 0) is 29.1 Å². The molecular weight excluding hydrogens is 328 g/mol. The van der Waals surface area contributed by atoms with Crippen LogP contribution in [0.15, 0.2) is 30.5 Å². The van der Waals surface area contributed by atoms with Crippen molar-refractivity contribution in [2.75, 3.05) is 6.61 Å². The van der Waals surface area contributed by atoms with Gasteiger partial charge in [-0.1, -0.05) is 28.9 Å². The lowest BCUT2D eigenvalue weighted by molar-refractivity contribution is -0.126. The summed E-state index contributed by atoms with van der Waals surface area (Å²) in [5.41, 5.74) is 2.09. The fourth-order valence-electron chi connectivity index (χ4n) is 2.85. The number of aromatic nitrogens is 3. The van der Waals surface area contributed by atoms with Crippen molar-refractivity contribution in [2.45, 2.75) is 39.0 Å². The first kappa shape index (κ1) is 16.9. The fraction of sp³-hybridized carbons (Fsp3) is 0.471. The maximum Gasteiger partial charge on any atom is 0.223 e. The Balaban J connectivity index is 1.77.